The Kier molecular flexibility index (Phi) is 5.11. The molecule has 1 aromatic rings. The average Bonchev–Trinajstić information content (AvgIpc) is 2.93. The number of carbonyl (C=O) groups is 3. The molecule has 0 aliphatic carbocycles. The molecule has 1 spiro atoms. The van der Waals surface area contributed by atoms with Crippen LogP contribution in [-0.4, -0.2) is 60.5 Å². The normalized spacial score (nSPS) is 26.7. The number of nitrogens with one attached hydrogen (secondary N) is 1. The van der Waals surface area contributed by atoms with Gasteiger partial charge in [-0.15, -0.1) is 0 Å². The van der Waals surface area contributed by atoms with Crippen molar-refractivity contribution in [2.24, 2.45) is 5.41 Å². The van der Waals surface area contributed by atoms with Crippen LogP contribution in [-0.2, 0) is 19.9 Å². The van der Waals surface area contributed by atoms with Gasteiger partial charge in [0.05, 0.1) is 0 Å². The molecular weight excluding hydrogens is 370 g/mol. The summed E-state index contributed by atoms with van der Waals surface area (Å²) in [4.78, 5) is 41.5. The molecule has 0 aromatic heterocycles. The molecule has 0 saturated carbocycles. The third-order valence-electron chi connectivity index (χ3n) is 6.76. The fourth-order valence-corrected chi connectivity index (χ4v) is 4.79. The molecule has 4 amide bonds. The molecule has 29 heavy (non-hydrogen) atoms. The molecule has 0 radical (unpaired) electrons. The fraction of sp³-hybridized carbons (Fsp3) is 0.591. The Balaban J connectivity index is 1.46. The number of aryl methyl sites for hydroxylation is 1. The largest absolute Gasteiger partial charge is 0.381 e. The van der Waals surface area contributed by atoms with Crippen LogP contribution in [0.4, 0.5) is 4.79 Å². The molecule has 4 rings (SSSR count). The summed E-state index contributed by atoms with van der Waals surface area (Å²) in [5, 5.41) is 2.78. The predicted octanol–water partition coefficient (Wildman–Crippen LogP) is 2.18. The number of carbonyl (C=O) groups excluding carboxylic acids is 3. The van der Waals surface area contributed by atoms with E-state index in [0.717, 1.165) is 54.9 Å². The van der Waals surface area contributed by atoms with Crippen LogP contribution in [0.2, 0.25) is 0 Å². The van der Waals surface area contributed by atoms with E-state index in [1.165, 1.54) is 0 Å². The Bertz CT molecular complexity index is 810. The minimum atomic E-state index is -1.14. The molecule has 3 fully saturated rings. The zero-order valence-corrected chi connectivity index (χ0v) is 17.2. The summed E-state index contributed by atoms with van der Waals surface area (Å²) in [6.07, 6.45) is 3.98. The molecule has 1 aromatic carbocycles. The van der Waals surface area contributed by atoms with Gasteiger partial charge in [0.1, 0.15) is 12.1 Å². The maximum atomic E-state index is 13.1. The molecule has 0 bridgehead atoms. The van der Waals surface area contributed by atoms with E-state index in [4.69, 9.17) is 4.74 Å². The average molecular weight is 399 g/mol. The number of nitrogens with zero attached hydrogens (tertiary/aromatic N) is 2. The second-order valence-electron chi connectivity index (χ2n) is 8.84. The number of ether oxygens (including phenoxy) is 1. The van der Waals surface area contributed by atoms with Gasteiger partial charge < -0.3 is 15.0 Å². The van der Waals surface area contributed by atoms with Gasteiger partial charge in [0.25, 0.3) is 5.91 Å². The van der Waals surface area contributed by atoms with Gasteiger partial charge in [0.2, 0.25) is 5.91 Å². The van der Waals surface area contributed by atoms with E-state index in [-0.39, 0.29) is 23.8 Å². The number of urea groups is 1. The van der Waals surface area contributed by atoms with Crippen molar-refractivity contribution in [1.29, 1.82) is 0 Å². The molecule has 7 nitrogen and oxygen atoms in total. The van der Waals surface area contributed by atoms with Crippen LogP contribution in [0.3, 0.4) is 0 Å². The lowest BCUT2D eigenvalue weighted by Crippen LogP contribution is -2.51. The van der Waals surface area contributed by atoms with Gasteiger partial charge in [-0.05, 0) is 50.5 Å². The molecule has 1 atom stereocenters. The molecule has 3 aliphatic heterocycles. The van der Waals surface area contributed by atoms with Crippen LogP contribution >= 0.6 is 0 Å². The number of hydrogen-bond donors (Lipinski definition) is 1. The van der Waals surface area contributed by atoms with Crippen molar-refractivity contribution in [2.45, 2.75) is 45.1 Å². The minimum Gasteiger partial charge on any atom is -0.381 e. The third kappa shape index (κ3) is 3.64. The first-order chi connectivity index (χ1) is 13.8. The number of piperidine rings is 1. The van der Waals surface area contributed by atoms with Gasteiger partial charge in [0.15, 0.2) is 0 Å². The van der Waals surface area contributed by atoms with Crippen molar-refractivity contribution in [3.05, 3.63) is 35.4 Å². The van der Waals surface area contributed by atoms with Crippen molar-refractivity contribution in [3.8, 4) is 0 Å². The maximum Gasteiger partial charge on any atom is 0.325 e. The van der Waals surface area contributed by atoms with Crippen LogP contribution in [0.5, 0.6) is 0 Å². The highest BCUT2D eigenvalue weighted by Gasteiger charge is 2.50. The first-order valence-electron chi connectivity index (χ1n) is 10.4. The van der Waals surface area contributed by atoms with E-state index >= 15 is 0 Å². The monoisotopic (exact) mass is 399 g/mol. The summed E-state index contributed by atoms with van der Waals surface area (Å²) in [6, 6.07) is 7.00. The Morgan fingerprint density at radius 2 is 1.83 bits per heavy atom. The SMILES string of the molecule is Cc1ccc(C2(C)NC(=O)N(CC(=O)N3CCCC4(CCOCC4)C3)C2=O)cc1. The second kappa shape index (κ2) is 7.44. The molecule has 1 unspecified atom stereocenters. The standard InChI is InChI=1S/C22H29N3O4/c1-16-4-6-17(7-5-16)21(2)19(27)25(20(28)23-21)14-18(26)24-11-3-8-22(15-24)9-12-29-13-10-22/h4-7H,3,8-15H2,1-2H3,(H,23,28). The topological polar surface area (TPSA) is 79.0 Å². The van der Waals surface area contributed by atoms with Crippen LogP contribution in [0, 0.1) is 12.3 Å². The Hall–Kier alpha value is -2.41. The Labute approximate surface area is 171 Å². The molecule has 1 N–H and O–H groups in total. The summed E-state index contributed by atoms with van der Waals surface area (Å²) in [5.74, 6) is -0.537. The summed E-state index contributed by atoms with van der Waals surface area (Å²) >= 11 is 0. The quantitative estimate of drug-likeness (QED) is 0.791. The number of benzene rings is 1. The van der Waals surface area contributed by atoms with E-state index in [2.05, 4.69) is 5.32 Å². The number of amides is 4. The van der Waals surface area contributed by atoms with Crippen molar-refractivity contribution >= 4 is 17.8 Å². The lowest BCUT2D eigenvalue weighted by Gasteiger charge is -2.45. The lowest BCUT2D eigenvalue weighted by atomic mass is 9.74. The smallest absolute Gasteiger partial charge is 0.325 e. The molecule has 3 saturated heterocycles. The summed E-state index contributed by atoms with van der Waals surface area (Å²) in [5.41, 5.74) is 0.776. The number of hydrogen-bond acceptors (Lipinski definition) is 4. The number of likely N-dealkylation sites (tertiary alicyclic amines) is 1. The van der Waals surface area contributed by atoms with E-state index in [1.807, 2.05) is 36.1 Å². The fourth-order valence-electron chi connectivity index (χ4n) is 4.79. The molecule has 156 valence electrons. The van der Waals surface area contributed by atoms with Crippen molar-refractivity contribution in [3.63, 3.8) is 0 Å². The van der Waals surface area contributed by atoms with Crippen LogP contribution in [0.1, 0.15) is 43.7 Å². The van der Waals surface area contributed by atoms with Gasteiger partial charge in [-0.25, -0.2) is 4.79 Å². The lowest BCUT2D eigenvalue weighted by molar-refractivity contribution is -0.142. The number of imide groups is 1. The first-order valence-corrected chi connectivity index (χ1v) is 10.4. The zero-order chi connectivity index (χ0) is 20.6. The first kappa shape index (κ1) is 19.9. The van der Waals surface area contributed by atoms with Gasteiger partial charge in [0, 0.05) is 26.3 Å². The highest BCUT2D eigenvalue weighted by molar-refractivity contribution is 6.09. The highest BCUT2D eigenvalue weighted by atomic mass is 16.5. The van der Waals surface area contributed by atoms with E-state index in [0.29, 0.717) is 13.1 Å². The second-order valence-corrected chi connectivity index (χ2v) is 8.84. The van der Waals surface area contributed by atoms with Crippen LogP contribution in [0.15, 0.2) is 24.3 Å². The van der Waals surface area contributed by atoms with Gasteiger partial charge in [-0.2, -0.15) is 0 Å². The van der Waals surface area contributed by atoms with Crippen molar-refractivity contribution < 1.29 is 19.1 Å². The van der Waals surface area contributed by atoms with Gasteiger partial charge in [-0.1, -0.05) is 29.8 Å². The Morgan fingerprint density at radius 3 is 2.52 bits per heavy atom. The third-order valence-corrected chi connectivity index (χ3v) is 6.76. The summed E-state index contributed by atoms with van der Waals surface area (Å²) < 4.78 is 5.49. The molecule has 7 heteroatoms. The van der Waals surface area contributed by atoms with Gasteiger partial charge in [-0.3, -0.25) is 14.5 Å². The maximum absolute atomic E-state index is 13.1. The molecule has 3 aliphatic rings. The Morgan fingerprint density at radius 1 is 1.14 bits per heavy atom. The van der Waals surface area contributed by atoms with Crippen molar-refractivity contribution in [1.82, 2.24) is 15.1 Å². The highest BCUT2D eigenvalue weighted by Crippen LogP contribution is 2.39. The summed E-state index contributed by atoms with van der Waals surface area (Å²) in [6.45, 7) is 6.30. The van der Waals surface area contributed by atoms with Crippen molar-refractivity contribution in [2.75, 3.05) is 32.8 Å². The number of rotatable bonds is 3. The summed E-state index contributed by atoms with van der Waals surface area (Å²) in [7, 11) is 0. The van der Waals surface area contributed by atoms with E-state index in [9.17, 15) is 14.4 Å². The molecular formula is C22H29N3O4. The van der Waals surface area contributed by atoms with Gasteiger partial charge >= 0.3 is 6.03 Å². The minimum absolute atomic E-state index is 0.125. The van der Waals surface area contributed by atoms with Crippen LogP contribution in [0.25, 0.3) is 0 Å². The zero-order valence-electron chi connectivity index (χ0n) is 17.2. The van der Waals surface area contributed by atoms with E-state index in [1.54, 1.807) is 6.92 Å². The van der Waals surface area contributed by atoms with E-state index < -0.39 is 11.6 Å². The predicted molar refractivity (Wildman–Crippen MR) is 107 cm³/mol. The molecule has 3 heterocycles. The van der Waals surface area contributed by atoms with Crippen LogP contribution < -0.4 is 5.32 Å².